The van der Waals surface area contributed by atoms with E-state index in [1.54, 1.807) is 0 Å². The topological polar surface area (TPSA) is 9.23 Å². The van der Waals surface area contributed by atoms with Crippen LogP contribution < -0.4 is 4.74 Å². The molecule has 0 N–H and O–H groups in total. The van der Waals surface area contributed by atoms with Gasteiger partial charge in [0.15, 0.2) is 0 Å². The molecule has 0 spiro atoms. The molecule has 1 aromatic carbocycles. The summed E-state index contributed by atoms with van der Waals surface area (Å²) in [6.07, 6.45) is 9.53. The molecule has 0 atom stereocenters. The summed E-state index contributed by atoms with van der Waals surface area (Å²) in [5.74, 6) is 1.49. The lowest BCUT2D eigenvalue weighted by Crippen LogP contribution is -2.11. The first-order valence-electron chi connectivity index (χ1n) is 9.44. The van der Waals surface area contributed by atoms with Gasteiger partial charge in [0.1, 0.15) is 5.75 Å². The third kappa shape index (κ3) is 6.62. The lowest BCUT2D eigenvalue weighted by molar-refractivity contribution is 0.304. The Labute approximate surface area is 145 Å². The van der Waals surface area contributed by atoms with Crippen LogP contribution in [0.2, 0.25) is 0 Å². The van der Waals surface area contributed by atoms with Crippen molar-refractivity contribution in [3.8, 4) is 5.75 Å². The molecule has 0 saturated heterocycles. The Balaban J connectivity index is 1.71. The molecule has 0 heterocycles. The van der Waals surface area contributed by atoms with Gasteiger partial charge in [-0.3, -0.25) is 0 Å². The average molecular weight is 336 g/mol. The second-order valence-corrected chi connectivity index (χ2v) is 6.90. The highest BCUT2D eigenvalue weighted by molar-refractivity contribution is 5.29. The van der Waals surface area contributed by atoms with E-state index >= 15 is 0 Å². The molecule has 0 radical (unpaired) electrons. The minimum atomic E-state index is -1.53. The summed E-state index contributed by atoms with van der Waals surface area (Å²) >= 11 is 0. The van der Waals surface area contributed by atoms with Gasteiger partial charge in [0.25, 0.3) is 6.08 Å². The highest BCUT2D eigenvalue weighted by Gasteiger charge is 2.21. The summed E-state index contributed by atoms with van der Waals surface area (Å²) in [5.41, 5.74) is 1.31. The van der Waals surface area contributed by atoms with E-state index in [4.69, 9.17) is 4.74 Å². The number of rotatable bonds is 9. The maximum absolute atomic E-state index is 12.3. The van der Waals surface area contributed by atoms with Crippen molar-refractivity contribution in [2.24, 2.45) is 5.92 Å². The fourth-order valence-electron chi connectivity index (χ4n) is 3.53. The second kappa shape index (κ2) is 10.5. The number of hydrogen-bond acceptors (Lipinski definition) is 1. The van der Waals surface area contributed by atoms with Crippen LogP contribution >= 0.6 is 0 Å². The van der Waals surface area contributed by atoms with Crippen molar-refractivity contribution >= 4 is 0 Å². The zero-order valence-electron chi connectivity index (χ0n) is 14.8. The smallest absolute Gasteiger partial charge is 0.266 e. The van der Waals surface area contributed by atoms with Crippen molar-refractivity contribution in [2.45, 2.75) is 70.6 Å². The molecular weight excluding hydrogens is 306 g/mol. The van der Waals surface area contributed by atoms with E-state index in [0.29, 0.717) is 5.92 Å². The van der Waals surface area contributed by atoms with Crippen molar-refractivity contribution in [1.82, 2.24) is 0 Å². The van der Waals surface area contributed by atoms with Gasteiger partial charge >= 0.3 is 0 Å². The predicted molar refractivity (Wildman–Crippen MR) is 95.7 cm³/mol. The van der Waals surface area contributed by atoms with Gasteiger partial charge in [-0.25, -0.2) is 0 Å². The van der Waals surface area contributed by atoms with Crippen LogP contribution in [-0.2, 0) is 0 Å². The van der Waals surface area contributed by atoms with Crippen LogP contribution in [0.3, 0.4) is 0 Å². The van der Waals surface area contributed by atoms with Gasteiger partial charge in [0.2, 0.25) is 0 Å². The lowest BCUT2D eigenvalue weighted by Gasteiger charge is -2.26. The first-order valence-corrected chi connectivity index (χ1v) is 9.44. The molecule has 134 valence electrons. The molecule has 0 amide bonds. The number of allylic oxidation sites excluding steroid dienone is 1. The van der Waals surface area contributed by atoms with E-state index in [9.17, 15) is 8.78 Å². The molecule has 1 aliphatic carbocycles. The number of halogens is 2. The normalized spacial score (nSPS) is 20.6. The number of hydrogen-bond donors (Lipinski definition) is 0. The molecule has 1 fully saturated rings. The summed E-state index contributed by atoms with van der Waals surface area (Å²) in [7, 11) is 0. The lowest BCUT2D eigenvalue weighted by atomic mass is 9.79. The van der Waals surface area contributed by atoms with E-state index in [0.717, 1.165) is 50.5 Å². The van der Waals surface area contributed by atoms with Crippen molar-refractivity contribution in [3.05, 3.63) is 42.0 Å². The number of benzene rings is 1. The fourth-order valence-corrected chi connectivity index (χ4v) is 3.53. The molecule has 1 nitrogen and oxygen atoms in total. The zero-order valence-corrected chi connectivity index (χ0v) is 14.8. The van der Waals surface area contributed by atoms with Gasteiger partial charge in [-0.1, -0.05) is 44.7 Å². The molecule has 0 unspecified atom stereocenters. The second-order valence-electron chi connectivity index (χ2n) is 6.90. The Morgan fingerprint density at radius 2 is 1.67 bits per heavy atom. The highest BCUT2D eigenvalue weighted by atomic mass is 19.3. The molecule has 24 heavy (non-hydrogen) atoms. The van der Waals surface area contributed by atoms with Gasteiger partial charge in [-0.15, -0.1) is 0 Å². The molecule has 2 rings (SSSR count). The van der Waals surface area contributed by atoms with Crippen LogP contribution in [0.15, 0.2) is 36.4 Å². The largest absolute Gasteiger partial charge is 0.494 e. The third-order valence-electron chi connectivity index (χ3n) is 5.00. The first kappa shape index (κ1) is 19.0. The number of ether oxygens (including phenoxy) is 1. The Hall–Kier alpha value is -1.38. The minimum absolute atomic E-state index is 0.0570. The summed E-state index contributed by atoms with van der Waals surface area (Å²) in [6.45, 7) is 3.01. The van der Waals surface area contributed by atoms with E-state index in [2.05, 4.69) is 31.2 Å². The molecule has 0 bridgehead atoms. The SMILES string of the molecule is CCCCCCCOc1ccc(C2CCC(C=C(F)F)CC2)cc1. The Bertz CT molecular complexity index is 483. The van der Waals surface area contributed by atoms with Crippen molar-refractivity contribution < 1.29 is 13.5 Å². The maximum Gasteiger partial charge on any atom is 0.266 e. The first-order chi connectivity index (χ1) is 11.7. The molecule has 1 aliphatic rings. The summed E-state index contributed by atoms with van der Waals surface area (Å²) in [6, 6.07) is 8.38. The molecular formula is C21H30F2O. The quantitative estimate of drug-likeness (QED) is 0.437. The van der Waals surface area contributed by atoms with Gasteiger partial charge in [0, 0.05) is 0 Å². The number of unbranched alkanes of at least 4 members (excludes halogenated alkanes) is 4. The van der Waals surface area contributed by atoms with Crippen LogP contribution in [0.1, 0.15) is 76.2 Å². The third-order valence-corrected chi connectivity index (χ3v) is 5.00. The Morgan fingerprint density at radius 1 is 1.00 bits per heavy atom. The zero-order chi connectivity index (χ0) is 17.2. The average Bonchev–Trinajstić information content (AvgIpc) is 2.59. The van der Waals surface area contributed by atoms with E-state index in [1.165, 1.54) is 31.2 Å². The molecule has 1 saturated carbocycles. The van der Waals surface area contributed by atoms with Crippen LogP contribution in [0.4, 0.5) is 8.78 Å². The van der Waals surface area contributed by atoms with Gasteiger partial charge < -0.3 is 4.74 Å². The monoisotopic (exact) mass is 336 g/mol. The van der Waals surface area contributed by atoms with E-state index < -0.39 is 6.08 Å². The molecule has 0 aliphatic heterocycles. The van der Waals surface area contributed by atoms with Crippen molar-refractivity contribution in [3.63, 3.8) is 0 Å². The summed E-state index contributed by atoms with van der Waals surface area (Å²) < 4.78 is 30.4. The van der Waals surface area contributed by atoms with Crippen molar-refractivity contribution in [1.29, 1.82) is 0 Å². The molecule has 3 heteroatoms. The fraction of sp³-hybridized carbons (Fsp3) is 0.619. The van der Waals surface area contributed by atoms with Crippen molar-refractivity contribution in [2.75, 3.05) is 6.61 Å². The van der Waals surface area contributed by atoms with Crippen LogP contribution in [-0.4, -0.2) is 6.61 Å². The van der Waals surface area contributed by atoms with Gasteiger partial charge in [0.05, 0.1) is 6.61 Å². The highest BCUT2D eigenvalue weighted by Crippen LogP contribution is 2.37. The Morgan fingerprint density at radius 3 is 2.29 bits per heavy atom. The maximum atomic E-state index is 12.3. The molecule has 1 aromatic rings. The molecule has 0 aromatic heterocycles. The van der Waals surface area contributed by atoms with Crippen LogP contribution in [0.5, 0.6) is 5.75 Å². The predicted octanol–water partition coefficient (Wildman–Crippen LogP) is 7.09. The van der Waals surface area contributed by atoms with E-state index in [-0.39, 0.29) is 5.92 Å². The summed E-state index contributed by atoms with van der Waals surface area (Å²) in [5, 5.41) is 0. The van der Waals surface area contributed by atoms with Gasteiger partial charge in [-0.05, 0) is 67.7 Å². The standard InChI is InChI=1S/C21H30F2O/c1-2-3-4-5-6-15-24-20-13-11-19(12-14-20)18-9-7-17(8-10-18)16-21(22)23/h11-14,16-18H,2-10,15H2,1H3. The van der Waals surface area contributed by atoms with Gasteiger partial charge in [-0.2, -0.15) is 8.78 Å². The summed E-state index contributed by atoms with van der Waals surface area (Å²) in [4.78, 5) is 0. The van der Waals surface area contributed by atoms with Crippen LogP contribution in [0, 0.1) is 5.92 Å². The minimum Gasteiger partial charge on any atom is -0.494 e. The van der Waals surface area contributed by atoms with Crippen LogP contribution in [0.25, 0.3) is 0 Å². The van der Waals surface area contributed by atoms with E-state index in [1.807, 2.05) is 0 Å². The Kier molecular flexibility index (Phi) is 8.27.